The van der Waals surface area contributed by atoms with E-state index in [4.69, 9.17) is 4.74 Å². The molecule has 0 aromatic carbocycles. The van der Waals surface area contributed by atoms with Crippen LogP contribution in [0.1, 0.15) is 36.4 Å². The maximum absolute atomic E-state index is 12.3. The lowest BCUT2D eigenvalue weighted by Crippen LogP contribution is -2.52. The Morgan fingerprint density at radius 2 is 2.15 bits per heavy atom. The molecular weight excluding hydrogens is 294 g/mol. The second-order valence-electron chi connectivity index (χ2n) is 4.79. The van der Waals surface area contributed by atoms with E-state index in [2.05, 4.69) is 5.32 Å². The molecule has 4 nitrogen and oxygen atoms in total. The van der Waals surface area contributed by atoms with Crippen molar-refractivity contribution >= 4 is 43.9 Å². The number of thiophene rings is 2. The Balaban J connectivity index is 2.19. The Hall–Kier alpha value is -1.40. The SMILES string of the molecule is CCCC(C)(NC(=O)c1cc2sccc2s1)C(=O)OC. The lowest BCUT2D eigenvalue weighted by atomic mass is 9.96. The predicted molar refractivity (Wildman–Crippen MR) is 82.5 cm³/mol. The van der Waals surface area contributed by atoms with E-state index < -0.39 is 11.5 Å². The number of rotatable bonds is 5. The number of hydrogen-bond donors (Lipinski definition) is 1. The molecule has 0 aliphatic heterocycles. The molecule has 1 atom stereocenters. The van der Waals surface area contributed by atoms with Crippen molar-refractivity contribution in [1.82, 2.24) is 5.32 Å². The summed E-state index contributed by atoms with van der Waals surface area (Å²) in [5, 5.41) is 4.81. The zero-order valence-electron chi connectivity index (χ0n) is 11.7. The van der Waals surface area contributed by atoms with Gasteiger partial charge >= 0.3 is 5.97 Å². The molecule has 0 saturated carbocycles. The van der Waals surface area contributed by atoms with Gasteiger partial charge in [-0.3, -0.25) is 4.79 Å². The molecule has 0 fully saturated rings. The van der Waals surface area contributed by atoms with Crippen LogP contribution in [0.15, 0.2) is 17.5 Å². The first-order valence-electron chi connectivity index (χ1n) is 6.38. The van der Waals surface area contributed by atoms with Crippen LogP contribution in [0.5, 0.6) is 0 Å². The zero-order chi connectivity index (χ0) is 14.8. The molecule has 108 valence electrons. The Labute approximate surface area is 125 Å². The van der Waals surface area contributed by atoms with Gasteiger partial charge in [0.05, 0.1) is 12.0 Å². The van der Waals surface area contributed by atoms with E-state index in [1.54, 1.807) is 18.3 Å². The van der Waals surface area contributed by atoms with E-state index in [1.807, 2.05) is 24.4 Å². The number of carbonyl (C=O) groups is 2. The third-order valence-corrected chi connectivity index (χ3v) is 5.23. The topological polar surface area (TPSA) is 55.4 Å². The van der Waals surface area contributed by atoms with Crippen molar-refractivity contribution in [2.75, 3.05) is 7.11 Å². The van der Waals surface area contributed by atoms with E-state index in [9.17, 15) is 9.59 Å². The molecule has 20 heavy (non-hydrogen) atoms. The van der Waals surface area contributed by atoms with Gasteiger partial charge in [0.2, 0.25) is 0 Å². The quantitative estimate of drug-likeness (QED) is 0.861. The number of hydrogen-bond acceptors (Lipinski definition) is 5. The molecule has 0 saturated heterocycles. The molecule has 2 rings (SSSR count). The minimum atomic E-state index is -0.974. The lowest BCUT2D eigenvalue weighted by molar-refractivity contribution is -0.147. The highest BCUT2D eigenvalue weighted by Crippen LogP contribution is 2.30. The minimum Gasteiger partial charge on any atom is -0.467 e. The molecule has 2 aromatic rings. The summed E-state index contributed by atoms with van der Waals surface area (Å²) in [6.45, 7) is 3.67. The number of fused-ring (bicyclic) bond motifs is 1. The van der Waals surface area contributed by atoms with Gasteiger partial charge in [-0.05, 0) is 30.9 Å². The van der Waals surface area contributed by atoms with Gasteiger partial charge in [-0.25, -0.2) is 4.79 Å². The summed E-state index contributed by atoms with van der Waals surface area (Å²) < 4.78 is 6.99. The number of nitrogens with one attached hydrogen (secondary N) is 1. The van der Waals surface area contributed by atoms with Crippen molar-refractivity contribution in [1.29, 1.82) is 0 Å². The van der Waals surface area contributed by atoms with Crippen molar-refractivity contribution < 1.29 is 14.3 Å². The fourth-order valence-corrected chi connectivity index (χ4v) is 4.13. The predicted octanol–water partition coefficient (Wildman–Crippen LogP) is 3.42. The van der Waals surface area contributed by atoms with Crippen molar-refractivity contribution in [3.8, 4) is 0 Å². The first-order valence-corrected chi connectivity index (χ1v) is 8.07. The fraction of sp³-hybridized carbons (Fsp3) is 0.429. The standard InChI is InChI=1S/C14H17NO3S2/c1-4-6-14(2,13(17)18-3)15-12(16)11-8-10-9(20-11)5-7-19-10/h5,7-8H,4,6H2,1-3H3,(H,15,16). The van der Waals surface area contributed by atoms with Crippen LogP contribution in [-0.4, -0.2) is 24.5 Å². The second kappa shape index (κ2) is 5.93. The van der Waals surface area contributed by atoms with E-state index in [-0.39, 0.29) is 5.91 Å². The second-order valence-corrected chi connectivity index (χ2v) is 6.82. The molecule has 6 heteroatoms. The normalized spacial score (nSPS) is 13.9. The van der Waals surface area contributed by atoms with E-state index in [1.165, 1.54) is 18.4 Å². The van der Waals surface area contributed by atoms with Gasteiger partial charge in [-0.15, -0.1) is 22.7 Å². The van der Waals surface area contributed by atoms with Crippen molar-refractivity contribution in [2.45, 2.75) is 32.2 Å². The van der Waals surface area contributed by atoms with Gasteiger partial charge in [-0.1, -0.05) is 13.3 Å². The maximum Gasteiger partial charge on any atom is 0.331 e. The van der Waals surface area contributed by atoms with Crippen LogP contribution in [0.3, 0.4) is 0 Å². The molecule has 1 unspecified atom stereocenters. The van der Waals surface area contributed by atoms with Gasteiger partial charge in [-0.2, -0.15) is 0 Å². The number of esters is 1. The van der Waals surface area contributed by atoms with Crippen LogP contribution >= 0.6 is 22.7 Å². The van der Waals surface area contributed by atoms with Gasteiger partial charge in [0, 0.05) is 9.40 Å². The van der Waals surface area contributed by atoms with Crippen LogP contribution in [0, 0.1) is 0 Å². The average Bonchev–Trinajstić information content (AvgIpc) is 2.98. The van der Waals surface area contributed by atoms with Gasteiger partial charge in [0.25, 0.3) is 5.91 Å². The zero-order valence-corrected chi connectivity index (χ0v) is 13.3. The lowest BCUT2D eigenvalue weighted by Gasteiger charge is -2.27. The monoisotopic (exact) mass is 311 g/mol. The summed E-state index contributed by atoms with van der Waals surface area (Å²) in [4.78, 5) is 24.8. The highest BCUT2D eigenvalue weighted by atomic mass is 32.1. The Morgan fingerprint density at radius 3 is 2.75 bits per heavy atom. The molecule has 0 aliphatic rings. The molecule has 1 amide bonds. The minimum absolute atomic E-state index is 0.222. The van der Waals surface area contributed by atoms with Crippen LogP contribution in [-0.2, 0) is 9.53 Å². The number of ether oxygens (including phenoxy) is 1. The Bertz CT molecular complexity index is 603. The molecule has 0 spiro atoms. The van der Waals surface area contributed by atoms with E-state index in [0.29, 0.717) is 11.3 Å². The smallest absolute Gasteiger partial charge is 0.331 e. The summed E-state index contributed by atoms with van der Waals surface area (Å²) in [6.07, 6.45) is 1.33. The third-order valence-electron chi connectivity index (χ3n) is 3.14. The third kappa shape index (κ3) is 2.86. The van der Waals surface area contributed by atoms with Gasteiger partial charge in [0.1, 0.15) is 5.54 Å². The van der Waals surface area contributed by atoms with E-state index >= 15 is 0 Å². The fourth-order valence-electron chi connectivity index (χ4n) is 2.13. The molecule has 0 aliphatic carbocycles. The Kier molecular flexibility index (Phi) is 4.45. The Morgan fingerprint density at radius 1 is 1.40 bits per heavy atom. The summed E-state index contributed by atoms with van der Waals surface area (Å²) in [6, 6.07) is 3.86. The molecule has 1 N–H and O–H groups in total. The van der Waals surface area contributed by atoms with Crippen LogP contribution < -0.4 is 5.32 Å². The first kappa shape index (κ1) is 15.0. The average molecular weight is 311 g/mol. The molecule has 2 heterocycles. The summed E-state index contributed by atoms with van der Waals surface area (Å²) >= 11 is 3.04. The van der Waals surface area contributed by atoms with Crippen molar-refractivity contribution in [3.63, 3.8) is 0 Å². The first-order chi connectivity index (χ1) is 9.50. The highest BCUT2D eigenvalue weighted by molar-refractivity contribution is 7.27. The summed E-state index contributed by atoms with van der Waals surface area (Å²) in [7, 11) is 1.34. The molecule has 0 radical (unpaired) electrons. The maximum atomic E-state index is 12.3. The summed E-state index contributed by atoms with van der Waals surface area (Å²) in [5.74, 6) is -0.634. The van der Waals surface area contributed by atoms with Crippen LogP contribution in [0.4, 0.5) is 0 Å². The molecule has 0 bridgehead atoms. The number of amides is 1. The van der Waals surface area contributed by atoms with Crippen molar-refractivity contribution in [2.24, 2.45) is 0 Å². The van der Waals surface area contributed by atoms with E-state index in [0.717, 1.165) is 15.8 Å². The largest absolute Gasteiger partial charge is 0.467 e. The number of methoxy groups -OCH3 is 1. The summed E-state index contributed by atoms with van der Waals surface area (Å²) in [5.41, 5.74) is -0.974. The highest BCUT2D eigenvalue weighted by Gasteiger charge is 2.35. The van der Waals surface area contributed by atoms with Crippen molar-refractivity contribution in [3.05, 3.63) is 22.4 Å². The number of carbonyl (C=O) groups excluding carboxylic acids is 2. The van der Waals surface area contributed by atoms with Crippen LogP contribution in [0.2, 0.25) is 0 Å². The van der Waals surface area contributed by atoms with Gasteiger partial charge in [0.15, 0.2) is 0 Å². The van der Waals surface area contributed by atoms with Gasteiger partial charge < -0.3 is 10.1 Å². The molecule has 2 aromatic heterocycles. The molecular formula is C14H17NO3S2. The van der Waals surface area contributed by atoms with Crippen LogP contribution in [0.25, 0.3) is 9.40 Å².